The van der Waals surface area contributed by atoms with Crippen molar-refractivity contribution in [2.24, 2.45) is 0 Å². The number of amides is 1. The van der Waals surface area contributed by atoms with E-state index in [1.165, 1.54) is 35.6 Å². The van der Waals surface area contributed by atoms with Gasteiger partial charge in [-0.25, -0.2) is 9.78 Å². The molecule has 6 heteroatoms. The molecule has 0 aliphatic rings. The van der Waals surface area contributed by atoms with Crippen LogP contribution in [-0.4, -0.2) is 22.0 Å². The quantitative estimate of drug-likeness (QED) is 0.766. The van der Waals surface area contributed by atoms with E-state index in [0.717, 1.165) is 11.3 Å². The third kappa shape index (κ3) is 3.44. The normalized spacial score (nSPS) is 10.3. The van der Waals surface area contributed by atoms with Gasteiger partial charge in [0.25, 0.3) is 5.91 Å². The lowest BCUT2D eigenvalue weighted by Crippen LogP contribution is -2.12. The zero-order valence-electron chi connectivity index (χ0n) is 11.9. The minimum Gasteiger partial charge on any atom is -0.478 e. The number of nitrogens with one attached hydrogen (secondary N) is 1. The van der Waals surface area contributed by atoms with E-state index >= 15 is 0 Å². The first-order valence-electron chi connectivity index (χ1n) is 6.79. The molecule has 0 aliphatic heterocycles. The number of carboxylic acids is 1. The molecule has 0 spiro atoms. The Hall–Kier alpha value is -2.99. The molecular formula is C17H12N2O3S. The molecule has 1 amide bonds. The summed E-state index contributed by atoms with van der Waals surface area (Å²) in [5, 5.41) is 13.9. The standard InChI is InChI=1S/C17H12N2O3S/c20-15(12-6-8-13(9-7-12)16(21)22)19-17-18-14(10-23-17)11-4-2-1-3-5-11/h1-10H,(H,21,22)(H,18,19,20). The highest BCUT2D eigenvalue weighted by Crippen LogP contribution is 2.24. The Morgan fingerprint density at radius 1 is 0.957 bits per heavy atom. The number of aromatic carboxylic acids is 1. The van der Waals surface area contributed by atoms with Crippen molar-refractivity contribution in [2.45, 2.75) is 0 Å². The Bertz CT molecular complexity index is 842. The molecule has 2 aromatic carbocycles. The van der Waals surface area contributed by atoms with Gasteiger partial charge in [0.1, 0.15) is 0 Å². The van der Waals surface area contributed by atoms with Crippen LogP contribution in [-0.2, 0) is 0 Å². The van der Waals surface area contributed by atoms with Gasteiger partial charge < -0.3 is 5.11 Å². The zero-order valence-corrected chi connectivity index (χ0v) is 12.7. The van der Waals surface area contributed by atoms with Gasteiger partial charge in [0.05, 0.1) is 11.3 Å². The maximum Gasteiger partial charge on any atom is 0.335 e. The molecule has 0 saturated carbocycles. The van der Waals surface area contributed by atoms with Gasteiger partial charge in [-0.2, -0.15) is 0 Å². The summed E-state index contributed by atoms with van der Waals surface area (Å²) in [6.45, 7) is 0. The fourth-order valence-electron chi connectivity index (χ4n) is 2.01. The summed E-state index contributed by atoms with van der Waals surface area (Å²) >= 11 is 1.34. The Balaban J connectivity index is 1.73. The van der Waals surface area contributed by atoms with E-state index in [1.807, 2.05) is 35.7 Å². The number of benzene rings is 2. The monoisotopic (exact) mass is 324 g/mol. The van der Waals surface area contributed by atoms with E-state index in [-0.39, 0.29) is 11.5 Å². The number of nitrogens with zero attached hydrogens (tertiary/aromatic N) is 1. The fraction of sp³-hybridized carbons (Fsp3) is 0. The van der Waals surface area contributed by atoms with Crippen molar-refractivity contribution in [3.8, 4) is 11.3 Å². The molecular weight excluding hydrogens is 312 g/mol. The lowest BCUT2D eigenvalue weighted by atomic mass is 10.1. The van der Waals surface area contributed by atoms with Crippen LogP contribution in [0.5, 0.6) is 0 Å². The third-order valence-corrected chi connectivity index (χ3v) is 3.95. The molecule has 3 aromatic rings. The van der Waals surface area contributed by atoms with Crippen LogP contribution in [0.2, 0.25) is 0 Å². The number of hydrogen-bond acceptors (Lipinski definition) is 4. The Morgan fingerprint density at radius 2 is 1.61 bits per heavy atom. The third-order valence-electron chi connectivity index (χ3n) is 3.19. The second kappa shape index (κ2) is 6.41. The van der Waals surface area contributed by atoms with Gasteiger partial charge in [0, 0.05) is 16.5 Å². The molecule has 114 valence electrons. The van der Waals surface area contributed by atoms with Gasteiger partial charge in [-0.05, 0) is 24.3 Å². The SMILES string of the molecule is O=C(O)c1ccc(C(=O)Nc2nc(-c3ccccc3)cs2)cc1. The summed E-state index contributed by atoms with van der Waals surface area (Å²) in [6, 6.07) is 15.4. The van der Waals surface area contributed by atoms with Crippen LogP contribution in [0.3, 0.4) is 0 Å². The first kappa shape index (κ1) is 14.9. The van der Waals surface area contributed by atoms with Gasteiger partial charge in [-0.15, -0.1) is 11.3 Å². The van der Waals surface area contributed by atoms with Crippen LogP contribution in [0.25, 0.3) is 11.3 Å². The van der Waals surface area contributed by atoms with Gasteiger partial charge in [0.2, 0.25) is 0 Å². The predicted octanol–water partition coefficient (Wildman–Crippen LogP) is 3.76. The number of hydrogen-bond donors (Lipinski definition) is 2. The van der Waals surface area contributed by atoms with E-state index < -0.39 is 5.97 Å². The number of carbonyl (C=O) groups excluding carboxylic acids is 1. The predicted molar refractivity (Wildman–Crippen MR) is 88.9 cm³/mol. The van der Waals surface area contributed by atoms with E-state index in [9.17, 15) is 9.59 Å². The topological polar surface area (TPSA) is 79.3 Å². The van der Waals surface area contributed by atoms with Crippen molar-refractivity contribution in [1.82, 2.24) is 4.98 Å². The van der Waals surface area contributed by atoms with E-state index in [0.29, 0.717) is 10.7 Å². The molecule has 0 bridgehead atoms. The summed E-state index contributed by atoms with van der Waals surface area (Å²) in [5.41, 5.74) is 2.30. The van der Waals surface area contributed by atoms with E-state index in [1.54, 1.807) is 0 Å². The summed E-state index contributed by atoms with van der Waals surface area (Å²) in [6.07, 6.45) is 0. The Morgan fingerprint density at radius 3 is 2.26 bits per heavy atom. The summed E-state index contributed by atoms with van der Waals surface area (Å²) in [7, 11) is 0. The van der Waals surface area contributed by atoms with Crippen molar-refractivity contribution in [1.29, 1.82) is 0 Å². The molecule has 0 aliphatic carbocycles. The number of anilines is 1. The average molecular weight is 324 g/mol. The van der Waals surface area contributed by atoms with Crippen molar-refractivity contribution in [3.05, 3.63) is 71.1 Å². The zero-order chi connectivity index (χ0) is 16.2. The number of carbonyl (C=O) groups is 2. The highest BCUT2D eigenvalue weighted by molar-refractivity contribution is 7.14. The first-order chi connectivity index (χ1) is 11.1. The van der Waals surface area contributed by atoms with E-state index in [2.05, 4.69) is 10.3 Å². The summed E-state index contributed by atoms with van der Waals surface area (Å²) in [4.78, 5) is 27.3. The van der Waals surface area contributed by atoms with Crippen LogP contribution in [0.1, 0.15) is 20.7 Å². The van der Waals surface area contributed by atoms with Crippen molar-refractivity contribution in [2.75, 3.05) is 5.32 Å². The summed E-state index contributed by atoms with van der Waals surface area (Å²) in [5.74, 6) is -1.35. The molecule has 23 heavy (non-hydrogen) atoms. The molecule has 1 heterocycles. The maximum atomic E-state index is 12.1. The lowest BCUT2D eigenvalue weighted by molar-refractivity contribution is 0.0696. The fourth-order valence-corrected chi connectivity index (χ4v) is 2.72. The molecule has 5 nitrogen and oxygen atoms in total. The van der Waals surface area contributed by atoms with Gasteiger partial charge in [-0.1, -0.05) is 30.3 Å². The first-order valence-corrected chi connectivity index (χ1v) is 7.67. The van der Waals surface area contributed by atoms with Crippen LogP contribution in [0, 0.1) is 0 Å². The van der Waals surface area contributed by atoms with Gasteiger partial charge in [-0.3, -0.25) is 10.1 Å². The highest BCUT2D eigenvalue weighted by Gasteiger charge is 2.11. The summed E-state index contributed by atoms with van der Waals surface area (Å²) < 4.78 is 0. The Kier molecular flexibility index (Phi) is 4.16. The molecule has 2 N–H and O–H groups in total. The molecule has 0 saturated heterocycles. The van der Waals surface area contributed by atoms with Crippen LogP contribution >= 0.6 is 11.3 Å². The number of thiazole rings is 1. The molecule has 0 atom stereocenters. The molecule has 0 radical (unpaired) electrons. The minimum atomic E-state index is -1.02. The number of aromatic nitrogens is 1. The largest absolute Gasteiger partial charge is 0.478 e. The molecule has 3 rings (SSSR count). The van der Waals surface area contributed by atoms with Gasteiger partial charge in [0.15, 0.2) is 5.13 Å². The number of carboxylic acid groups (broad SMARTS) is 1. The molecule has 0 unspecified atom stereocenters. The average Bonchev–Trinajstić information content (AvgIpc) is 3.04. The molecule has 0 fully saturated rings. The smallest absolute Gasteiger partial charge is 0.335 e. The lowest BCUT2D eigenvalue weighted by Gasteiger charge is -2.02. The van der Waals surface area contributed by atoms with Crippen LogP contribution < -0.4 is 5.32 Å². The second-order valence-corrected chi connectivity index (χ2v) is 5.60. The Labute approximate surface area is 136 Å². The van der Waals surface area contributed by atoms with Crippen molar-refractivity contribution < 1.29 is 14.7 Å². The van der Waals surface area contributed by atoms with Crippen molar-refractivity contribution in [3.63, 3.8) is 0 Å². The van der Waals surface area contributed by atoms with Gasteiger partial charge >= 0.3 is 5.97 Å². The maximum absolute atomic E-state index is 12.1. The molecule has 1 aromatic heterocycles. The van der Waals surface area contributed by atoms with Crippen LogP contribution in [0.4, 0.5) is 5.13 Å². The van der Waals surface area contributed by atoms with E-state index in [4.69, 9.17) is 5.11 Å². The highest BCUT2D eigenvalue weighted by atomic mass is 32.1. The minimum absolute atomic E-state index is 0.141. The second-order valence-electron chi connectivity index (χ2n) is 4.74. The van der Waals surface area contributed by atoms with Crippen molar-refractivity contribution >= 4 is 28.3 Å². The number of rotatable bonds is 4. The van der Waals surface area contributed by atoms with Crippen LogP contribution in [0.15, 0.2) is 60.0 Å².